The molecule has 3 rings (SSSR count). The van der Waals surface area contributed by atoms with Crippen molar-refractivity contribution < 1.29 is 13.5 Å². The van der Waals surface area contributed by atoms with E-state index in [-0.39, 0.29) is 18.6 Å². The molecular formula is C12H16F2N4O. The molecule has 0 aliphatic carbocycles. The predicted molar refractivity (Wildman–Crippen MR) is 65.7 cm³/mol. The monoisotopic (exact) mass is 270 g/mol. The van der Waals surface area contributed by atoms with E-state index in [4.69, 9.17) is 4.74 Å². The highest BCUT2D eigenvalue weighted by Crippen LogP contribution is 2.38. The van der Waals surface area contributed by atoms with E-state index < -0.39 is 5.92 Å². The Morgan fingerprint density at radius 1 is 1.16 bits per heavy atom. The third kappa shape index (κ3) is 2.11. The average molecular weight is 270 g/mol. The standard InChI is InChI=1S/C12H16F2N4O/c1-11(18-7-12(13,14)8-18)5-17(6-11)10-15-3-9(19-2)4-16-10/h3-4H,5-8H2,1-2H3. The number of ether oxygens (including phenoxy) is 1. The highest BCUT2D eigenvalue weighted by molar-refractivity contribution is 5.39. The van der Waals surface area contributed by atoms with Gasteiger partial charge in [0.15, 0.2) is 5.75 Å². The van der Waals surface area contributed by atoms with E-state index in [1.807, 2.05) is 16.7 Å². The van der Waals surface area contributed by atoms with Gasteiger partial charge >= 0.3 is 0 Å². The van der Waals surface area contributed by atoms with Crippen LogP contribution in [0.25, 0.3) is 0 Å². The van der Waals surface area contributed by atoms with Gasteiger partial charge in [-0.2, -0.15) is 0 Å². The molecule has 0 radical (unpaired) electrons. The lowest BCUT2D eigenvalue weighted by molar-refractivity contribution is -0.171. The first kappa shape index (κ1) is 12.5. The normalized spacial score (nSPS) is 24.5. The number of hydrogen-bond donors (Lipinski definition) is 0. The highest BCUT2D eigenvalue weighted by Gasteiger charge is 2.55. The molecule has 19 heavy (non-hydrogen) atoms. The fraction of sp³-hybridized carbons (Fsp3) is 0.667. The van der Waals surface area contributed by atoms with Crippen molar-refractivity contribution in [2.75, 3.05) is 38.2 Å². The Bertz CT molecular complexity index is 465. The molecule has 5 nitrogen and oxygen atoms in total. The van der Waals surface area contributed by atoms with Gasteiger partial charge in [-0.3, -0.25) is 4.90 Å². The van der Waals surface area contributed by atoms with Crippen molar-refractivity contribution in [3.63, 3.8) is 0 Å². The van der Waals surface area contributed by atoms with Crippen LogP contribution in [-0.4, -0.2) is 59.6 Å². The second-order valence-electron chi connectivity index (χ2n) is 5.49. The van der Waals surface area contributed by atoms with Gasteiger partial charge in [-0.25, -0.2) is 18.7 Å². The molecule has 2 saturated heterocycles. The molecule has 0 bridgehead atoms. The summed E-state index contributed by atoms with van der Waals surface area (Å²) in [5.74, 6) is -1.29. The maximum Gasteiger partial charge on any atom is 0.272 e. The summed E-state index contributed by atoms with van der Waals surface area (Å²) < 4.78 is 30.8. The molecule has 1 aromatic rings. The van der Waals surface area contributed by atoms with Crippen LogP contribution in [0.2, 0.25) is 0 Å². The van der Waals surface area contributed by atoms with E-state index >= 15 is 0 Å². The lowest BCUT2D eigenvalue weighted by Crippen LogP contribution is -2.76. The molecule has 0 unspecified atom stereocenters. The number of hydrogen-bond acceptors (Lipinski definition) is 5. The van der Waals surface area contributed by atoms with Crippen molar-refractivity contribution in [3.05, 3.63) is 12.4 Å². The van der Waals surface area contributed by atoms with Crippen molar-refractivity contribution >= 4 is 5.95 Å². The summed E-state index contributed by atoms with van der Waals surface area (Å²) in [5, 5.41) is 0. The molecule has 2 aliphatic heterocycles. The van der Waals surface area contributed by atoms with Crippen LogP contribution in [0.3, 0.4) is 0 Å². The number of nitrogens with zero attached hydrogens (tertiary/aromatic N) is 4. The molecule has 0 N–H and O–H groups in total. The highest BCUT2D eigenvalue weighted by atomic mass is 19.3. The Balaban J connectivity index is 1.59. The average Bonchev–Trinajstić information content (AvgIpc) is 2.32. The Morgan fingerprint density at radius 3 is 2.21 bits per heavy atom. The largest absolute Gasteiger partial charge is 0.494 e. The smallest absolute Gasteiger partial charge is 0.272 e. The predicted octanol–water partition coefficient (Wildman–Crippen LogP) is 1.01. The van der Waals surface area contributed by atoms with E-state index in [0.29, 0.717) is 24.8 Å². The SMILES string of the molecule is COc1cnc(N2CC(C)(N3CC(F)(F)C3)C2)nc1. The first-order valence-electron chi connectivity index (χ1n) is 6.16. The summed E-state index contributed by atoms with van der Waals surface area (Å²) in [6.07, 6.45) is 3.21. The maximum absolute atomic E-state index is 12.9. The fourth-order valence-electron chi connectivity index (χ4n) is 2.59. The zero-order valence-corrected chi connectivity index (χ0v) is 10.9. The minimum Gasteiger partial charge on any atom is -0.494 e. The second-order valence-corrected chi connectivity index (χ2v) is 5.49. The molecule has 0 amide bonds. The number of anilines is 1. The number of alkyl halides is 2. The third-order valence-electron chi connectivity index (χ3n) is 3.80. The van der Waals surface area contributed by atoms with Crippen LogP contribution >= 0.6 is 0 Å². The van der Waals surface area contributed by atoms with Gasteiger partial charge in [-0.05, 0) is 6.92 Å². The first-order valence-corrected chi connectivity index (χ1v) is 6.16. The van der Waals surface area contributed by atoms with Crippen LogP contribution in [-0.2, 0) is 0 Å². The second kappa shape index (κ2) is 4.00. The fourth-order valence-corrected chi connectivity index (χ4v) is 2.59. The molecule has 3 heterocycles. The van der Waals surface area contributed by atoms with Crippen LogP contribution in [0.1, 0.15) is 6.92 Å². The van der Waals surface area contributed by atoms with Gasteiger partial charge in [0.25, 0.3) is 5.92 Å². The van der Waals surface area contributed by atoms with Crippen molar-refractivity contribution in [1.29, 1.82) is 0 Å². The summed E-state index contributed by atoms with van der Waals surface area (Å²) in [5.41, 5.74) is -0.190. The summed E-state index contributed by atoms with van der Waals surface area (Å²) in [6, 6.07) is 0. The summed E-state index contributed by atoms with van der Waals surface area (Å²) in [6.45, 7) is 3.08. The van der Waals surface area contributed by atoms with Crippen LogP contribution in [0.5, 0.6) is 5.75 Å². The molecule has 0 saturated carbocycles. The Kier molecular flexibility index (Phi) is 2.63. The van der Waals surface area contributed by atoms with E-state index in [2.05, 4.69) is 9.97 Å². The molecule has 104 valence electrons. The molecule has 0 aromatic carbocycles. The van der Waals surface area contributed by atoms with Crippen molar-refractivity contribution in [2.45, 2.75) is 18.4 Å². The van der Waals surface area contributed by atoms with Gasteiger partial charge in [0, 0.05) is 13.1 Å². The quantitative estimate of drug-likeness (QED) is 0.820. The lowest BCUT2D eigenvalue weighted by atomic mass is 9.86. The number of rotatable bonds is 3. The van der Waals surface area contributed by atoms with Gasteiger partial charge < -0.3 is 9.64 Å². The summed E-state index contributed by atoms with van der Waals surface area (Å²) >= 11 is 0. The van der Waals surface area contributed by atoms with Crippen LogP contribution in [0, 0.1) is 0 Å². The Hall–Kier alpha value is -1.50. The zero-order valence-electron chi connectivity index (χ0n) is 10.9. The summed E-state index contributed by atoms with van der Waals surface area (Å²) in [4.78, 5) is 12.2. The van der Waals surface area contributed by atoms with E-state index in [0.717, 1.165) is 0 Å². The van der Waals surface area contributed by atoms with Crippen molar-refractivity contribution in [1.82, 2.24) is 14.9 Å². The Labute approximate surface area is 110 Å². The molecule has 2 aliphatic rings. The number of likely N-dealkylation sites (tertiary alicyclic amines) is 1. The van der Waals surface area contributed by atoms with Crippen LogP contribution < -0.4 is 9.64 Å². The minimum absolute atomic E-state index is 0.138. The molecular weight excluding hydrogens is 254 g/mol. The zero-order chi connectivity index (χ0) is 13.7. The van der Waals surface area contributed by atoms with Crippen LogP contribution in [0.15, 0.2) is 12.4 Å². The molecule has 1 aromatic heterocycles. The van der Waals surface area contributed by atoms with E-state index in [1.54, 1.807) is 19.5 Å². The molecule has 2 fully saturated rings. The van der Waals surface area contributed by atoms with E-state index in [9.17, 15) is 8.78 Å². The topological polar surface area (TPSA) is 41.5 Å². The Morgan fingerprint density at radius 2 is 1.74 bits per heavy atom. The molecule has 0 spiro atoms. The first-order chi connectivity index (χ1) is 8.92. The van der Waals surface area contributed by atoms with Gasteiger partial charge in [0.05, 0.1) is 38.1 Å². The molecule has 0 atom stereocenters. The third-order valence-corrected chi connectivity index (χ3v) is 3.80. The maximum atomic E-state index is 12.9. The van der Waals surface area contributed by atoms with Crippen molar-refractivity contribution in [2.24, 2.45) is 0 Å². The minimum atomic E-state index is -2.51. The van der Waals surface area contributed by atoms with Crippen LogP contribution in [0.4, 0.5) is 14.7 Å². The van der Waals surface area contributed by atoms with Gasteiger partial charge in [-0.1, -0.05) is 0 Å². The van der Waals surface area contributed by atoms with Crippen molar-refractivity contribution in [3.8, 4) is 5.75 Å². The number of halogens is 2. The molecule has 7 heteroatoms. The van der Waals surface area contributed by atoms with E-state index in [1.165, 1.54) is 0 Å². The van der Waals surface area contributed by atoms with Gasteiger partial charge in [0.2, 0.25) is 5.95 Å². The number of aromatic nitrogens is 2. The van der Waals surface area contributed by atoms with Gasteiger partial charge in [-0.15, -0.1) is 0 Å². The number of methoxy groups -OCH3 is 1. The lowest BCUT2D eigenvalue weighted by Gasteiger charge is -2.58. The van der Waals surface area contributed by atoms with Gasteiger partial charge in [0.1, 0.15) is 0 Å². The summed E-state index contributed by atoms with van der Waals surface area (Å²) in [7, 11) is 1.56.